The second kappa shape index (κ2) is 6.83. The Labute approximate surface area is 119 Å². The fourth-order valence-corrected chi connectivity index (χ4v) is 2.38. The van der Waals surface area contributed by atoms with Gasteiger partial charge in [-0.15, -0.1) is 0 Å². The molecule has 0 spiro atoms. The average Bonchev–Trinajstić information content (AvgIpc) is 3.07. The average molecular weight is 281 g/mol. The van der Waals surface area contributed by atoms with Crippen LogP contribution in [0.25, 0.3) is 0 Å². The highest BCUT2D eigenvalue weighted by Gasteiger charge is 2.32. The van der Waals surface area contributed by atoms with Crippen molar-refractivity contribution in [1.29, 1.82) is 0 Å². The summed E-state index contributed by atoms with van der Waals surface area (Å²) in [7, 11) is 0. The van der Waals surface area contributed by atoms with Gasteiger partial charge in [0.15, 0.2) is 0 Å². The molecule has 0 bridgehead atoms. The molecule has 1 aliphatic heterocycles. The van der Waals surface area contributed by atoms with E-state index in [1.807, 2.05) is 6.92 Å². The van der Waals surface area contributed by atoms with E-state index >= 15 is 0 Å². The van der Waals surface area contributed by atoms with Crippen LogP contribution in [0.15, 0.2) is 0 Å². The summed E-state index contributed by atoms with van der Waals surface area (Å²) in [5.74, 6) is -1.26. The molecule has 1 aliphatic carbocycles. The first-order valence-electron chi connectivity index (χ1n) is 7.50. The van der Waals surface area contributed by atoms with Crippen molar-refractivity contribution in [3.63, 3.8) is 0 Å². The molecule has 0 aromatic heterocycles. The van der Waals surface area contributed by atoms with Crippen molar-refractivity contribution in [2.24, 2.45) is 0 Å². The third-order valence-electron chi connectivity index (χ3n) is 3.72. The number of Topliss-reactive ketones (excluding diaryl/α,β-unsaturated/α-hetero) is 1. The molecule has 112 valence electrons. The van der Waals surface area contributed by atoms with Crippen LogP contribution in [0, 0.1) is 0 Å². The lowest BCUT2D eigenvalue weighted by atomic mass is 10.1. The van der Waals surface area contributed by atoms with Crippen LogP contribution in [0.1, 0.15) is 45.4 Å². The van der Waals surface area contributed by atoms with Crippen molar-refractivity contribution < 1.29 is 14.4 Å². The zero-order valence-electron chi connectivity index (χ0n) is 11.9. The van der Waals surface area contributed by atoms with Crippen LogP contribution in [0.5, 0.6) is 0 Å². The quantitative estimate of drug-likeness (QED) is 0.567. The molecule has 2 amide bonds. The Bertz CT molecular complexity index is 387. The van der Waals surface area contributed by atoms with Crippen LogP contribution >= 0.6 is 0 Å². The van der Waals surface area contributed by atoms with E-state index in [9.17, 15) is 14.4 Å². The molecule has 6 heteroatoms. The first-order valence-corrected chi connectivity index (χ1v) is 7.50. The van der Waals surface area contributed by atoms with E-state index in [2.05, 4.69) is 16.0 Å². The summed E-state index contributed by atoms with van der Waals surface area (Å²) in [5.41, 5.74) is 0. The largest absolute Gasteiger partial charge is 0.347 e. The summed E-state index contributed by atoms with van der Waals surface area (Å²) in [6, 6.07) is -0.775. The molecule has 6 nitrogen and oxygen atoms in total. The lowest BCUT2D eigenvalue weighted by molar-refractivity contribution is -0.140. The summed E-state index contributed by atoms with van der Waals surface area (Å²) < 4.78 is 0. The van der Waals surface area contributed by atoms with Crippen LogP contribution in [0.4, 0.5) is 0 Å². The first-order chi connectivity index (χ1) is 9.61. The lowest BCUT2D eigenvalue weighted by Crippen LogP contribution is -2.51. The second-order valence-corrected chi connectivity index (χ2v) is 5.61. The standard InChI is InChI=1S/C14H23N3O3/c1-2-4-10(12(18)14(20)16-9-6-7-9)17-13(19)11-5-3-8-15-11/h9-11,15H,2-8H2,1H3,(H,16,20)(H,17,19)/t10?,11-/m0/s1. The van der Waals surface area contributed by atoms with Gasteiger partial charge in [0.1, 0.15) is 0 Å². The Hall–Kier alpha value is -1.43. The lowest BCUT2D eigenvalue weighted by Gasteiger charge is -2.19. The van der Waals surface area contributed by atoms with Crippen molar-refractivity contribution >= 4 is 17.6 Å². The summed E-state index contributed by atoms with van der Waals surface area (Å²) in [5, 5.41) is 8.49. The van der Waals surface area contributed by atoms with Crippen molar-refractivity contribution in [2.45, 2.75) is 63.6 Å². The van der Waals surface area contributed by atoms with Crippen LogP contribution < -0.4 is 16.0 Å². The maximum Gasteiger partial charge on any atom is 0.289 e. The predicted octanol–water partition coefficient (Wildman–Crippen LogP) is -0.129. The molecule has 1 heterocycles. The van der Waals surface area contributed by atoms with Gasteiger partial charge in [-0.2, -0.15) is 0 Å². The molecule has 3 N–H and O–H groups in total. The molecule has 1 saturated heterocycles. The van der Waals surface area contributed by atoms with Gasteiger partial charge in [0.2, 0.25) is 11.7 Å². The minimum Gasteiger partial charge on any atom is -0.347 e. The second-order valence-electron chi connectivity index (χ2n) is 5.61. The molecule has 0 aromatic carbocycles. The van der Waals surface area contributed by atoms with Gasteiger partial charge in [0.25, 0.3) is 5.91 Å². The van der Waals surface area contributed by atoms with Gasteiger partial charge in [-0.1, -0.05) is 13.3 Å². The van der Waals surface area contributed by atoms with Crippen molar-refractivity contribution in [3.8, 4) is 0 Å². The van der Waals surface area contributed by atoms with Gasteiger partial charge in [0, 0.05) is 6.04 Å². The first kappa shape index (κ1) is 15.0. The maximum atomic E-state index is 12.1. The summed E-state index contributed by atoms with van der Waals surface area (Å²) >= 11 is 0. The van der Waals surface area contributed by atoms with Gasteiger partial charge >= 0.3 is 0 Å². The van der Waals surface area contributed by atoms with Crippen LogP contribution in [-0.4, -0.2) is 42.3 Å². The number of amides is 2. The zero-order valence-corrected chi connectivity index (χ0v) is 11.9. The molecule has 2 rings (SSSR count). The van der Waals surface area contributed by atoms with Gasteiger partial charge < -0.3 is 16.0 Å². The Morgan fingerprint density at radius 1 is 1.25 bits per heavy atom. The Morgan fingerprint density at radius 3 is 2.55 bits per heavy atom. The normalized spacial score (nSPS) is 23.1. The van der Waals surface area contributed by atoms with Gasteiger partial charge in [0.05, 0.1) is 12.1 Å². The van der Waals surface area contributed by atoms with Gasteiger partial charge in [-0.3, -0.25) is 14.4 Å². The zero-order chi connectivity index (χ0) is 14.5. The number of carbonyl (C=O) groups excluding carboxylic acids is 3. The molecule has 2 aliphatic rings. The number of carbonyl (C=O) groups is 3. The minimum atomic E-state index is -0.700. The highest BCUT2D eigenvalue weighted by atomic mass is 16.2. The Balaban J connectivity index is 1.88. The van der Waals surface area contributed by atoms with Crippen LogP contribution in [0.3, 0.4) is 0 Å². The summed E-state index contributed by atoms with van der Waals surface area (Å²) in [4.78, 5) is 35.9. The maximum absolute atomic E-state index is 12.1. The molecule has 0 aromatic rings. The van der Waals surface area contributed by atoms with E-state index in [4.69, 9.17) is 0 Å². The number of hydrogen-bond acceptors (Lipinski definition) is 4. The molecule has 20 heavy (non-hydrogen) atoms. The summed E-state index contributed by atoms with van der Waals surface area (Å²) in [6.45, 7) is 2.76. The number of ketones is 1. The third-order valence-corrected chi connectivity index (χ3v) is 3.72. The fourth-order valence-electron chi connectivity index (χ4n) is 2.38. The SMILES string of the molecule is CCCC(NC(=O)[C@@H]1CCCN1)C(=O)C(=O)NC1CC1. The molecular formula is C14H23N3O3. The summed E-state index contributed by atoms with van der Waals surface area (Å²) in [6.07, 6.45) is 4.87. The van der Waals surface area contributed by atoms with Crippen molar-refractivity contribution in [3.05, 3.63) is 0 Å². The van der Waals surface area contributed by atoms with Crippen LogP contribution in [-0.2, 0) is 14.4 Å². The number of hydrogen-bond donors (Lipinski definition) is 3. The topological polar surface area (TPSA) is 87.3 Å². The smallest absolute Gasteiger partial charge is 0.289 e. The molecule has 1 saturated carbocycles. The van der Waals surface area contributed by atoms with E-state index in [0.29, 0.717) is 6.42 Å². The highest BCUT2D eigenvalue weighted by molar-refractivity contribution is 6.38. The molecule has 2 fully saturated rings. The van der Waals surface area contributed by atoms with E-state index < -0.39 is 17.7 Å². The van der Waals surface area contributed by atoms with Gasteiger partial charge in [-0.25, -0.2) is 0 Å². The molecule has 0 radical (unpaired) electrons. The van der Waals surface area contributed by atoms with E-state index in [1.165, 1.54) is 0 Å². The van der Waals surface area contributed by atoms with E-state index in [0.717, 1.165) is 38.6 Å². The third kappa shape index (κ3) is 4.03. The molecular weight excluding hydrogens is 258 g/mol. The minimum absolute atomic E-state index is 0.154. The van der Waals surface area contributed by atoms with Crippen molar-refractivity contribution in [2.75, 3.05) is 6.54 Å². The number of nitrogens with one attached hydrogen (secondary N) is 3. The molecule has 1 unspecified atom stereocenters. The molecule has 2 atom stereocenters. The van der Waals surface area contributed by atoms with E-state index in [1.54, 1.807) is 0 Å². The predicted molar refractivity (Wildman–Crippen MR) is 74.0 cm³/mol. The van der Waals surface area contributed by atoms with Crippen LogP contribution in [0.2, 0.25) is 0 Å². The highest BCUT2D eigenvalue weighted by Crippen LogP contribution is 2.18. The fraction of sp³-hybridized carbons (Fsp3) is 0.786. The van der Waals surface area contributed by atoms with Gasteiger partial charge in [-0.05, 0) is 38.6 Å². The number of rotatable bonds is 7. The monoisotopic (exact) mass is 281 g/mol. The Morgan fingerprint density at radius 2 is 2.00 bits per heavy atom. The van der Waals surface area contributed by atoms with E-state index in [-0.39, 0.29) is 18.0 Å². The van der Waals surface area contributed by atoms with Crippen molar-refractivity contribution in [1.82, 2.24) is 16.0 Å². The Kier molecular flexibility index (Phi) is 5.11.